The number of hydrogen-bond donors (Lipinski definition) is 0. The van der Waals surface area contributed by atoms with Gasteiger partial charge in [0.15, 0.2) is 0 Å². The van der Waals surface area contributed by atoms with Crippen molar-refractivity contribution in [3.8, 4) is 5.75 Å². The number of piperidine rings is 1. The summed E-state index contributed by atoms with van der Waals surface area (Å²) in [6, 6.07) is 3.41. The van der Waals surface area contributed by atoms with Gasteiger partial charge in [-0.05, 0) is 43.5 Å². The normalized spacial score (nSPS) is 27.8. The van der Waals surface area contributed by atoms with E-state index in [4.69, 9.17) is 4.74 Å². The number of ether oxygens (including phenoxy) is 1. The summed E-state index contributed by atoms with van der Waals surface area (Å²) in [5.41, 5.74) is 2.66. The lowest BCUT2D eigenvalue weighted by Gasteiger charge is -2.42. The molecule has 2 aliphatic rings. The number of methoxy groups -OCH3 is 1. The fraction of sp³-hybridized carbons (Fsp3) is 0.533. The third-order valence-corrected chi connectivity index (χ3v) is 4.31. The molecule has 3 rings (SSSR count). The van der Waals surface area contributed by atoms with Crippen molar-refractivity contribution in [2.24, 2.45) is 0 Å². The number of rotatable bonds is 2. The van der Waals surface area contributed by atoms with Crippen molar-refractivity contribution in [3.63, 3.8) is 0 Å². The molecule has 3 heterocycles. The standard InChI is InChI=1S/C15H20N2O/c1-17-13-4-3-5-14(17)7-11(6-13)12-8-15(18-2)10-16-9-12/h6,8-10,13-14H,3-5,7H2,1-2H3/t13-,14+/m0/s1. The quantitative estimate of drug-likeness (QED) is 0.800. The minimum absolute atomic E-state index is 0.610. The van der Waals surface area contributed by atoms with Gasteiger partial charge in [0.05, 0.1) is 13.3 Å². The fourth-order valence-corrected chi connectivity index (χ4v) is 3.16. The van der Waals surface area contributed by atoms with E-state index in [1.54, 1.807) is 13.3 Å². The molecular formula is C15H20N2O. The van der Waals surface area contributed by atoms with Gasteiger partial charge in [0.2, 0.25) is 0 Å². The number of likely N-dealkylation sites (N-methyl/N-ethyl adjacent to an activating group) is 1. The second-order valence-corrected chi connectivity index (χ2v) is 5.33. The molecule has 0 amide bonds. The molecule has 18 heavy (non-hydrogen) atoms. The van der Waals surface area contributed by atoms with Gasteiger partial charge in [-0.2, -0.15) is 0 Å². The second kappa shape index (κ2) is 4.73. The number of aromatic nitrogens is 1. The van der Waals surface area contributed by atoms with Crippen molar-refractivity contribution in [2.45, 2.75) is 37.8 Å². The van der Waals surface area contributed by atoms with E-state index in [1.807, 2.05) is 6.20 Å². The van der Waals surface area contributed by atoms with Crippen molar-refractivity contribution in [1.82, 2.24) is 9.88 Å². The highest BCUT2D eigenvalue weighted by molar-refractivity contribution is 5.68. The maximum absolute atomic E-state index is 5.26. The zero-order chi connectivity index (χ0) is 12.5. The minimum atomic E-state index is 0.610. The lowest BCUT2D eigenvalue weighted by Crippen LogP contribution is -2.45. The molecule has 0 saturated carbocycles. The smallest absolute Gasteiger partial charge is 0.137 e. The van der Waals surface area contributed by atoms with Gasteiger partial charge < -0.3 is 4.74 Å². The van der Waals surface area contributed by atoms with Crippen molar-refractivity contribution in [1.29, 1.82) is 0 Å². The monoisotopic (exact) mass is 244 g/mol. The highest BCUT2D eigenvalue weighted by Crippen LogP contribution is 2.36. The topological polar surface area (TPSA) is 25.4 Å². The predicted molar refractivity (Wildman–Crippen MR) is 72.6 cm³/mol. The third kappa shape index (κ3) is 2.03. The first kappa shape index (κ1) is 11.7. The molecule has 3 nitrogen and oxygen atoms in total. The van der Waals surface area contributed by atoms with E-state index in [-0.39, 0.29) is 0 Å². The molecule has 0 spiro atoms. The van der Waals surface area contributed by atoms with Crippen LogP contribution in [0.3, 0.4) is 0 Å². The molecule has 1 fully saturated rings. The van der Waals surface area contributed by atoms with Crippen LogP contribution >= 0.6 is 0 Å². The van der Waals surface area contributed by atoms with E-state index in [0.717, 1.165) is 12.2 Å². The molecular weight excluding hydrogens is 224 g/mol. The molecule has 0 aliphatic carbocycles. The summed E-state index contributed by atoms with van der Waals surface area (Å²) in [7, 11) is 3.95. The number of fused-ring (bicyclic) bond motifs is 2. The Hall–Kier alpha value is -1.35. The van der Waals surface area contributed by atoms with E-state index in [9.17, 15) is 0 Å². The lowest BCUT2D eigenvalue weighted by molar-refractivity contribution is 0.137. The Morgan fingerprint density at radius 3 is 3.00 bits per heavy atom. The van der Waals surface area contributed by atoms with Crippen LogP contribution in [0.4, 0.5) is 0 Å². The molecule has 0 radical (unpaired) electrons. The average molecular weight is 244 g/mol. The zero-order valence-electron chi connectivity index (χ0n) is 11.1. The van der Waals surface area contributed by atoms with Crippen molar-refractivity contribution >= 4 is 5.57 Å². The number of pyridine rings is 1. The molecule has 0 N–H and O–H groups in total. The molecule has 96 valence electrons. The summed E-state index contributed by atoms with van der Waals surface area (Å²) < 4.78 is 5.26. The first-order valence-electron chi connectivity index (χ1n) is 6.70. The van der Waals surface area contributed by atoms with Gasteiger partial charge in [0.1, 0.15) is 5.75 Å². The maximum atomic E-state index is 5.26. The van der Waals surface area contributed by atoms with Crippen LogP contribution in [0.1, 0.15) is 31.2 Å². The van der Waals surface area contributed by atoms with Crippen LogP contribution in [0.25, 0.3) is 5.57 Å². The Morgan fingerprint density at radius 2 is 2.22 bits per heavy atom. The Bertz CT molecular complexity index is 469. The molecule has 2 aliphatic heterocycles. The predicted octanol–water partition coefficient (Wildman–Crippen LogP) is 2.73. The molecule has 2 bridgehead atoms. The molecule has 1 aromatic heterocycles. The SMILES string of the molecule is COc1cncc(C2=C[C@@H]3CCC[C@H](C2)N3C)c1. The van der Waals surface area contributed by atoms with Gasteiger partial charge in [0.25, 0.3) is 0 Å². The molecule has 2 atom stereocenters. The summed E-state index contributed by atoms with van der Waals surface area (Å²) in [6.45, 7) is 0. The first-order valence-corrected chi connectivity index (χ1v) is 6.70. The number of nitrogens with zero attached hydrogens (tertiary/aromatic N) is 2. The van der Waals surface area contributed by atoms with Crippen LogP contribution in [0, 0.1) is 0 Å². The molecule has 0 aromatic carbocycles. The number of hydrogen-bond acceptors (Lipinski definition) is 3. The lowest BCUT2D eigenvalue weighted by atomic mass is 9.83. The van der Waals surface area contributed by atoms with Gasteiger partial charge in [0, 0.05) is 18.3 Å². The Morgan fingerprint density at radius 1 is 1.33 bits per heavy atom. The Kier molecular flexibility index (Phi) is 3.08. The van der Waals surface area contributed by atoms with Crippen LogP contribution in [0.2, 0.25) is 0 Å². The Balaban J connectivity index is 1.92. The van der Waals surface area contributed by atoms with Crippen LogP contribution in [-0.4, -0.2) is 36.1 Å². The molecule has 3 heteroatoms. The second-order valence-electron chi connectivity index (χ2n) is 5.33. The average Bonchev–Trinajstić information content (AvgIpc) is 2.38. The van der Waals surface area contributed by atoms with Crippen LogP contribution in [-0.2, 0) is 0 Å². The highest BCUT2D eigenvalue weighted by atomic mass is 16.5. The largest absolute Gasteiger partial charge is 0.495 e. The summed E-state index contributed by atoms with van der Waals surface area (Å²) in [5, 5.41) is 0. The molecule has 0 unspecified atom stereocenters. The summed E-state index contributed by atoms with van der Waals surface area (Å²) in [4.78, 5) is 6.79. The van der Waals surface area contributed by atoms with Gasteiger partial charge in [-0.15, -0.1) is 0 Å². The van der Waals surface area contributed by atoms with Gasteiger partial charge in [-0.1, -0.05) is 12.5 Å². The molecule has 1 saturated heterocycles. The van der Waals surface area contributed by atoms with Crippen molar-refractivity contribution in [3.05, 3.63) is 30.1 Å². The van der Waals surface area contributed by atoms with E-state index < -0.39 is 0 Å². The van der Waals surface area contributed by atoms with Gasteiger partial charge in [-0.3, -0.25) is 9.88 Å². The highest BCUT2D eigenvalue weighted by Gasteiger charge is 2.31. The van der Waals surface area contributed by atoms with Gasteiger partial charge >= 0.3 is 0 Å². The van der Waals surface area contributed by atoms with E-state index in [2.05, 4.69) is 29.1 Å². The Labute approximate surface area is 108 Å². The van der Waals surface area contributed by atoms with E-state index in [1.165, 1.54) is 30.4 Å². The third-order valence-electron chi connectivity index (χ3n) is 4.31. The van der Waals surface area contributed by atoms with E-state index in [0.29, 0.717) is 12.1 Å². The van der Waals surface area contributed by atoms with E-state index >= 15 is 0 Å². The molecule has 1 aromatic rings. The van der Waals surface area contributed by atoms with Crippen molar-refractivity contribution in [2.75, 3.05) is 14.2 Å². The van der Waals surface area contributed by atoms with Crippen LogP contribution < -0.4 is 4.74 Å². The van der Waals surface area contributed by atoms with Crippen LogP contribution in [0.5, 0.6) is 5.75 Å². The summed E-state index contributed by atoms with van der Waals surface area (Å²) in [6.07, 6.45) is 11.2. The minimum Gasteiger partial charge on any atom is -0.495 e. The maximum Gasteiger partial charge on any atom is 0.137 e. The van der Waals surface area contributed by atoms with Crippen molar-refractivity contribution < 1.29 is 4.74 Å². The summed E-state index contributed by atoms with van der Waals surface area (Å²) in [5.74, 6) is 0.845. The fourth-order valence-electron chi connectivity index (χ4n) is 3.16. The zero-order valence-corrected chi connectivity index (χ0v) is 11.1. The van der Waals surface area contributed by atoms with Crippen LogP contribution in [0.15, 0.2) is 24.5 Å². The van der Waals surface area contributed by atoms with Gasteiger partial charge in [-0.25, -0.2) is 0 Å². The summed E-state index contributed by atoms with van der Waals surface area (Å²) >= 11 is 0. The first-order chi connectivity index (χ1) is 8.78.